The molecule has 1 atom stereocenters. The molecule has 0 bridgehead atoms. The number of ether oxygens (including phenoxy) is 1. The summed E-state index contributed by atoms with van der Waals surface area (Å²) in [6.07, 6.45) is 2.60. The number of nitrogens with zero attached hydrogens (tertiary/aromatic N) is 2. The van der Waals surface area contributed by atoms with Crippen LogP contribution in [0.25, 0.3) is 11.4 Å². The number of hydrogen-bond donors (Lipinski definition) is 3. The van der Waals surface area contributed by atoms with Crippen molar-refractivity contribution in [3.05, 3.63) is 114 Å². The van der Waals surface area contributed by atoms with E-state index < -0.39 is 18.0 Å². The van der Waals surface area contributed by atoms with E-state index in [0.717, 1.165) is 28.1 Å². The maximum Gasteiger partial charge on any atom is 0.343 e. The van der Waals surface area contributed by atoms with Gasteiger partial charge in [0, 0.05) is 22.5 Å². The number of carboxylic acid groups (broad SMARTS) is 1. The summed E-state index contributed by atoms with van der Waals surface area (Å²) >= 11 is 0. The fourth-order valence-electron chi connectivity index (χ4n) is 3.83. The summed E-state index contributed by atoms with van der Waals surface area (Å²) in [5.41, 5.74) is 10.2. The monoisotopic (exact) mass is 508 g/mol. The normalized spacial score (nSPS) is 11.4. The Morgan fingerprint density at radius 2 is 1.71 bits per heavy atom. The summed E-state index contributed by atoms with van der Waals surface area (Å²) in [6.45, 7) is 5.80. The number of esters is 1. The lowest BCUT2D eigenvalue weighted by Gasteiger charge is -2.14. The average molecular weight is 509 g/mol. The van der Waals surface area contributed by atoms with Crippen LogP contribution in [-0.4, -0.2) is 33.1 Å². The van der Waals surface area contributed by atoms with Gasteiger partial charge < -0.3 is 20.9 Å². The quantitative estimate of drug-likeness (QED) is 0.153. The number of carboxylic acids is 1. The molecule has 0 aliphatic carbocycles. The van der Waals surface area contributed by atoms with Crippen LogP contribution in [0.2, 0.25) is 0 Å². The number of carbonyl (C=O) groups excluding carboxylic acids is 1. The minimum atomic E-state index is -1.07. The average Bonchev–Trinajstić information content (AvgIpc) is 2.92. The third-order valence-electron chi connectivity index (χ3n) is 5.88. The lowest BCUT2D eigenvalue weighted by Crippen LogP contribution is -2.32. The Morgan fingerprint density at radius 3 is 2.34 bits per heavy atom. The van der Waals surface area contributed by atoms with Crippen molar-refractivity contribution in [2.45, 2.75) is 25.8 Å². The maximum absolute atomic E-state index is 12.6. The molecule has 0 aliphatic rings. The zero-order valence-electron chi connectivity index (χ0n) is 20.9. The van der Waals surface area contributed by atoms with Crippen LogP contribution in [0.5, 0.6) is 5.75 Å². The first-order valence-electron chi connectivity index (χ1n) is 12.0. The highest BCUT2D eigenvalue weighted by atomic mass is 16.5. The smallest absolute Gasteiger partial charge is 0.343 e. The van der Waals surface area contributed by atoms with E-state index in [1.54, 1.807) is 48.5 Å². The van der Waals surface area contributed by atoms with E-state index in [1.807, 2.05) is 43.3 Å². The highest BCUT2D eigenvalue weighted by Gasteiger charge is 2.15. The lowest BCUT2D eigenvalue weighted by atomic mass is 10.1. The molecule has 1 heterocycles. The molecule has 0 saturated carbocycles. The molecular weight excluding hydrogens is 480 g/mol. The number of aliphatic carboxylic acids is 1. The van der Waals surface area contributed by atoms with Crippen molar-refractivity contribution in [1.29, 1.82) is 0 Å². The number of allylic oxidation sites excluding steroid dienone is 1. The van der Waals surface area contributed by atoms with Crippen molar-refractivity contribution >= 4 is 23.4 Å². The number of rotatable bonds is 10. The van der Waals surface area contributed by atoms with Crippen LogP contribution in [0.3, 0.4) is 0 Å². The molecule has 192 valence electrons. The van der Waals surface area contributed by atoms with E-state index in [4.69, 9.17) is 20.6 Å². The molecule has 0 spiro atoms. The number of carbonyl (C=O) groups is 2. The molecule has 0 amide bonds. The summed E-state index contributed by atoms with van der Waals surface area (Å²) < 4.78 is 5.46. The van der Waals surface area contributed by atoms with Crippen LogP contribution < -0.4 is 15.8 Å². The molecule has 8 heteroatoms. The summed E-state index contributed by atoms with van der Waals surface area (Å²) in [4.78, 5) is 33.0. The van der Waals surface area contributed by atoms with Crippen molar-refractivity contribution < 1.29 is 19.4 Å². The SMILES string of the molecule is C=CCc1c(C)nc(-c2ccccc2)nc1Nc1ccc(C(=O)Oc2ccc(CC(N)C(=O)O)cc2)cc1. The first-order valence-corrected chi connectivity index (χ1v) is 12.0. The van der Waals surface area contributed by atoms with Gasteiger partial charge in [-0.25, -0.2) is 14.8 Å². The number of nitrogens with one attached hydrogen (secondary N) is 1. The lowest BCUT2D eigenvalue weighted by molar-refractivity contribution is -0.138. The predicted octanol–water partition coefficient (Wildman–Crippen LogP) is 5.10. The fraction of sp³-hybridized carbons (Fsp3) is 0.133. The van der Waals surface area contributed by atoms with Crippen molar-refractivity contribution in [1.82, 2.24) is 9.97 Å². The second kappa shape index (κ2) is 11.9. The van der Waals surface area contributed by atoms with Gasteiger partial charge in [-0.3, -0.25) is 4.79 Å². The molecule has 0 aliphatic heterocycles. The van der Waals surface area contributed by atoms with Crippen LogP contribution in [0.4, 0.5) is 11.5 Å². The number of nitrogens with two attached hydrogens (primary N) is 1. The van der Waals surface area contributed by atoms with Gasteiger partial charge in [-0.15, -0.1) is 6.58 Å². The number of anilines is 2. The first kappa shape index (κ1) is 26.2. The Bertz CT molecular complexity index is 1440. The summed E-state index contributed by atoms with van der Waals surface area (Å²) in [5, 5.41) is 12.3. The summed E-state index contributed by atoms with van der Waals surface area (Å²) in [5.74, 6) is 0.0673. The third kappa shape index (κ3) is 6.48. The van der Waals surface area contributed by atoms with Crippen LogP contribution in [0, 0.1) is 6.92 Å². The second-order valence-electron chi connectivity index (χ2n) is 8.70. The predicted molar refractivity (Wildman–Crippen MR) is 147 cm³/mol. The molecule has 4 N–H and O–H groups in total. The molecule has 4 aromatic rings. The number of aromatic nitrogens is 2. The molecule has 1 aromatic heterocycles. The molecular formula is C30H28N4O4. The van der Waals surface area contributed by atoms with Crippen molar-refractivity contribution in [3.63, 3.8) is 0 Å². The molecule has 38 heavy (non-hydrogen) atoms. The topological polar surface area (TPSA) is 127 Å². The number of benzene rings is 3. The van der Waals surface area contributed by atoms with Crippen LogP contribution in [0.1, 0.15) is 27.2 Å². The fourth-order valence-corrected chi connectivity index (χ4v) is 3.83. The second-order valence-corrected chi connectivity index (χ2v) is 8.70. The first-order chi connectivity index (χ1) is 18.3. The summed E-state index contributed by atoms with van der Waals surface area (Å²) in [6, 6.07) is 22.3. The van der Waals surface area contributed by atoms with Gasteiger partial charge >= 0.3 is 11.9 Å². The minimum absolute atomic E-state index is 0.186. The van der Waals surface area contributed by atoms with Crippen molar-refractivity contribution in [2.24, 2.45) is 5.73 Å². The highest BCUT2D eigenvalue weighted by Crippen LogP contribution is 2.26. The summed E-state index contributed by atoms with van der Waals surface area (Å²) in [7, 11) is 0. The largest absolute Gasteiger partial charge is 0.480 e. The molecule has 1 unspecified atom stereocenters. The molecule has 0 saturated heterocycles. The van der Waals surface area contributed by atoms with Crippen LogP contribution in [-0.2, 0) is 17.6 Å². The Kier molecular flexibility index (Phi) is 8.25. The zero-order chi connectivity index (χ0) is 27.1. The van der Waals surface area contributed by atoms with E-state index in [-0.39, 0.29) is 6.42 Å². The van der Waals surface area contributed by atoms with E-state index in [1.165, 1.54) is 0 Å². The van der Waals surface area contributed by atoms with Crippen molar-refractivity contribution in [3.8, 4) is 17.1 Å². The minimum Gasteiger partial charge on any atom is -0.480 e. The van der Waals surface area contributed by atoms with Gasteiger partial charge in [-0.2, -0.15) is 0 Å². The Hall–Kier alpha value is -4.82. The van der Waals surface area contributed by atoms with Gasteiger partial charge in [0.2, 0.25) is 0 Å². The van der Waals surface area contributed by atoms with Crippen LogP contribution in [0.15, 0.2) is 91.5 Å². The standard InChI is InChI=1S/C30H28N4O4/c1-3-7-25-19(2)32-27(21-8-5-4-6-9-21)34-28(25)33-23-14-12-22(13-15-23)30(37)38-24-16-10-20(11-17-24)18-26(31)29(35)36/h3-6,8-17,26H,1,7,18,31H2,2H3,(H,35,36)(H,32,33,34). The molecule has 0 fully saturated rings. The Labute approximate surface area is 220 Å². The van der Waals surface area contributed by atoms with Gasteiger partial charge in [-0.05, 0) is 61.7 Å². The molecule has 3 aromatic carbocycles. The van der Waals surface area contributed by atoms with Gasteiger partial charge in [0.25, 0.3) is 0 Å². The zero-order valence-corrected chi connectivity index (χ0v) is 20.9. The Balaban J connectivity index is 1.47. The van der Waals surface area contributed by atoms with Crippen molar-refractivity contribution in [2.75, 3.05) is 5.32 Å². The van der Waals surface area contributed by atoms with E-state index in [9.17, 15) is 9.59 Å². The third-order valence-corrected chi connectivity index (χ3v) is 5.88. The van der Waals surface area contributed by atoms with Gasteiger partial charge in [0.1, 0.15) is 17.6 Å². The number of hydrogen-bond acceptors (Lipinski definition) is 7. The Morgan fingerprint density at radius 1 is 1.03 bits per heavy atom. The molecule has 0 radical (unpaired) electrons. The van der Waals surface area contributed by atoms with E-state index in [2.05, 4.69) is 16.9 Å². The maximum atomic E-state index is 12.6. The van der Waals surface area contributed by atoms with E-state index in [0.29, 0.717) is 29.4 Å². The number of aryl methyl sites for hydroxylation is 1. The molecule has 4 rings (SSSR count). The highest BCUT2D eigenvalue weighted by molar-refractivity contribution is 5.91. The van der Waals surface area contributed by atoms with Gasteiger partial charge in [0.05, 0.1) is 5.56 Å². The van der Waals surface area contributed by atoms with Crippen LogP contribution >= 0.6 is 0 Å². The van der Waals surface area contributed by atoms with Gasteiger partial charge in [-0.1, -0.05) is 48.5 Å². The molecule has 8 nitrogen and oxygen atoms in total. The van der Waals surface area contributed by atoms with Gasteiger partial charge in [0.15, 0.2) is 5.82 Å². The van der Waals surface area contributed by atoms with E-state index >= 15 is 0 Å².